The molecule has 1 aliphatic heterocycles. The summed E-state index contributed by atoms with van der Waals surface area (Å²) >= 11 is 0. The molecular weight excluding hydrogens is 434 g/mol. The first-order chi connectivity index (χ1) is 16.2. The lowest BCUT2D eigenvalue weighted by Crippen LogP contribution is -2.49. The van der Waals surface area contributed by atoms with Crippen molar-refractivity contribution in [1.82, 2.24) is 19.4 Å². The molecule has 178 valence electrons. The SMILES string of the molecule is CC(=O)Nc1cncc(C(=O)N2CCOC[C@@H]2Cc2cn(C)c3ccc(C(=O)N(C)C)cc23)c1. The Hall–Kier alpha value is -3.72. The van der Waals surface area contributed by atoms with Crippen molar-refractivity contribution in [1.29, 1.82) is 0 Å². The van der Waals surface area contributed by atoms with Gasteiger partial charge in [-0.1, -0.05) is 0 Å². The summed E-state index contributed by atoms with van der Waals surface area (Å²) in [6, 6.07) is 7.17. The number of anilines is 1. The highest BCUT2D eigenvalue weighted by Gasteiger charge is 2.29. The van der Waals surface area contributed by atoms with Crippen molar-refractivity contribution >= 4 is 34.3 Å². The third-order valence-electron chi connectivity index (χ3n) is 5.97. The molecule has 9 nitrogen and oxygen atoms in total. The predicted octanol–water partition coefficient (Wildman–Crippen LogP) is 2.32. The molecule has 0 saturated carbocycles. The highest BCUT2D eigenvalue weighted by molar-refractivity contribution is 5.99. The second-order valence-corrected chi connectivity index (χ2v) is 8.77. The van der Waals surface area contributed by atoms with Crippen LogP contribution in [0.25, 0.3) is 10.9 Å². The molecule has 1 aromatic carbocycles. The highest BCUT2D eigenvalue weighted by atomic mass is 16.5. The molecule has 34 heavy (non-hydrogen) atoms. The standard InChI is InChI=1S/C25H29N5O4/c1-16(31)27-20-9-18(12-26-13-20)25(33)30-7-8-34-15-21(30)10-19-14-29(4)23-6-5-17(11-22(19)23)24(32)28(2)3/h5-6,9,11-14,21H,7-8,10,15H2,1-4H3,(H,27,31)/t21-/m0/s1. The van der Waals surface area contributed by atoms with Crippen molar-refractivity contribution in [3.63, 3.8) is 0 Å². The van der Waals surface area contributed by atoms with E-state index in [1.165, 1.54) is 19.3 Å². The summed E-state index contributed by atoms with van der Waals surface area (Å²) < 4.78 is 7.76. The van der Waals surface area contributed by atoms with Crippen LogP contribution < -0.4 is 5.32 Å². The minimum absolute atomic E-state index is 0.0546. The summed E-state index contributed by atoms with van der Waals surface area (Å²) in [7, 11) is 5.44. The maximum Gasteiger partial charge on any atom is 0.255 e. The van der Waals surface area contributed by atoms with Crippen LogP contribution >= 0.6 is 0 Å². The van der Waals surface area contributed by atoms with Crippen LogP contribution in [0.3, 0.4) is 0 Å². The van der Waals surface area contributed by atoms with E-state index >= 15 is 0 Å². The number of aryl methyl sites for hydroxylation is 1. The maximum atomic E-state index is 13.4. The molecule has 0 spiro atoms. The van der Waals surface area contributed by atoms with Gasteiger partial charge in [0.2, 0.25) is 5.91 Å². The molecule has 0 radical (unpaired) electrons. The average molecular weight is 464 g/mol. The molecule has 4 rings (SSSR count). The molecule has 1 saturated heterocycles. The molecule has 1 fully saturated rings. The van der Waals surface area contributed by atoms with Crippen LogP contribution in [0.1, 0.15) is 33.2 Å². The number of fused-ring (bicyclic) bond motifs is 1. The fourth-order valence-electron chi connectivity index (χ4n) is 4.37. The molecule has 3 amide bonds. The Bertz CT molecular complexity index is 1250. The van der Waals surface area contributed by atoms with Gasteiger partial charge in [0, 0.05) is 63.5 Å². The molecule has 1 N–H and O–H groups in total. The van der Waals surface area contributed by atoms with E-state index in [1.807, 2.05) is 40.9 Å². The minimum Gasteiger partial charge on any atom is -0.377 e. The van der Waals surface area contributed by atoms with Gasteiger partial charge in [-0.25, -0.2) is 0 Å². The summed E-state index contributed by atoms with van der Waals surface area (Å²) in [5.41, 5.74) is 3.58. The smallest absolute Gasteiger partial charge is 0.255 e. The number of morpholine rings is 1. The van der Waals surface area contributed by atoms with Crippen molar-refractivity contribution < 1.29 is 19.1 Å². The molecular formula is C25H29N5O4. The van der Waals surface area contributed by atoms with Crippen LogP contribution in [0.2, 0.25) is 0 Å². The largest absolute Gasteiger partial charge is 0.377 e. The second-order valence-electron chi connectivity index (χ2n) is 8.77. The lowest BCUT2D eigenvalue weighted by Gasteiger charge is -2.35. The number of pyridine rings is 1. The summed E-state index contributed by atoms with van der Waals surface area (Å²) in [5.74, 6) is -0.434. The summed E-state index contributed by atoms with van der Waals surface area (Å²) in [6.45, 7) is 2.74. The van der Waals surface area contributed by atoms with E-state index < -0.39 is 0 Å². The highest BCUT2D eigenvalue weighted by Crippen LogP contribution is 2.26. The number of hydrogen-bond acceptors (Lipinski definition) is 5. The third kappa shape index (κ3) is 4.79. The van der Waals surface area contributed by atoms with Gasteiger partial charge in [0.05, 0.1) is 36.7 Å². The minimum atomic E-state index is -0.223. The monoisotopic (exact) mass is 463 g/mol. The lowest BCUT2D eigenvalue weighted by atomic mass is 10.0. The van der Waals surface area contributed by atoms with Crippen molar-refractivity contribution in [2.75, 3.05) is 39.2 Å². The molecule has 0 aliphatic carbocycles. The fraction of sp³-hybridized carbons (Fsp3) is 0.360. The van der Waals surface area contributed by atoms with E-state index in [0.29, 0.717) is 43.0 Å². The van der Waals surface area contributed by atoms with Crippen LogP contribution in [0.15, 0.2) is 42.9 Å². The first-order valence-corrected chi connectivity index (χ1v) is 11.2. The van der Waals surface area contributed by atoms with E-state index in [1.54, 1.807) is 25.1 Å². The molecule has 2 aromatic heterocycles. The third-order valence-corrected chi connectivity index (χ3v) is 5.97. The van der Waals surface area contributed by atoms with Gasteiger partial charge in [-0.05, 0) is 36.2 Å². The van der Waals surface area contributed by atoms with Crippen LogP contribution in [-0.2, 0) is 23.0 Å². The van der Waals surface area contributed by atoms with E-state index in [2.05, 4.69) is 10.3 Å². The Morgan fingerprint density at radius 2 is 1.97 bits per heavy atom. The normalized spacial score (nSPS) is 15.9. The molecule has 3 heterocycles. The van der Waals surface area contributed by atoms with Crippen molar-refractivity contribution in [2.45, 2.75) is 19.4 Å². The topological polar surface area (TPSA) is 96.8 Å². The first kappa shape index (κ1) is 23.4. The van der Waals surface area contributed by atoms with Gasteiger partial charge < -0.3 is 24.4 Å². The number of nitrogens with zero attached hydrogens (tertiary/aromatic N) is 4. The number of amides is 3. The Balaban J connectivity index is 1.62. The van der Waals surface area contributed by atoms with E-state index in [9.17, 15) is 14.4 Å². The van der Waals surface area contributed by atoms with Gasteiger partial charge >= 0.3 is 0 Å². The molecule has 3 aromatic rings. The lowest BCUT2D eigenvalue weighted by molar-refractivity contribution is -0.114. The van der Waals surface area contributed by atoms with Gasteiger partial charge in [-0.2, -0.15) is 0 Å². The van der Waals surface area contributed by atoms with Crippen LogP contribution in [0.4, 0.5) is 5.69 Å². The maximum absolute atomic E-state index is 13.4. The molecule has 1 atom stereocenters. The molecule has 9 heteroatoms. The van der Waals surface area contributed by atoms with Gasteiger partial charge in [-0.3, -0.25) is 19.4 Å². The van der Waals surface area contributed by atoms with Crippen molar-refractivity contribution in [2.24, 2.45) is 7.05 Å². The van der Waals surface area contributed by atoms with Gasteiger partial charge in [0.1, 0.15) is 0 Å². The van der Waals surface area contributed by atoms with E-state index in [4.69, 9.17) is 4.74 Å². The van der Waals surface area contributed by atoms with Gasteiger partial charge in [0.25, 0.3) is 11.8 Å². The summed E-state index contributed by atoms with van der Waals surface area (Å²) in [4.78, 5) is 44.8. The average Bonchev–Trinajstić information content (AvgIpc) is 3.12. The van der Waals surface area contributed by atoms with Gasteiger partial charge in [0.15, 0.2) is 0 Å². The Morgan fingerprint density at radius 1 is 1.18 bits per heavy atom. The number of benzene rings is 1. The van der Waals surface area contributed by atoms with Crippen LogP contribution in [-0.4, -0.2) is 77.0 Å². The van der Waals surface area contributed by atoms with Crippen LogP contribution in [0, 0.1) is 0 Å². The predicted molar refractivity (Wildman–Crippen MR) is 129 cm³/mol. The van der Waals surface area contributed by atoms with Gasteiger partial charge in [-0.15, -0.1) is 0 Å². The zero-order valence-corrected chi connectivity index (χ0v) is 19.9. The second kappa shape index (κ2) is 9.64. The number of ether oxygens (including phenoxy) is 1. The quantitative estimate of drug-likeness (QED) is 0.626. The Labute approximate surface area is 198 Å². The molecule has 0 unspecified atom stereocenters. The Morgan fingerprint density at radius 3 is 2.71 bits per heavy atom. The number of nitrogens with one attached hydrogen (secondary N) is 1. The van der Waals surface area contributed by atoms with E-state index in [-0.39, 0.29) is 23.8 Å². The molecule has 1 aliphatic rings. The van der Waals surface area contributed by atoms with E-state index in [0.717, 1.165) is 16.5 Å². The first-order valence-electron chi connectivity index (χ1n) is 11.2. The number of carbonyl (C=O) groups excluding carboxylic acids is 3. The van der Waals surface area contributed by atoms with Crippen molar-refractivity contribution in [3.8, 4) is 0 Å². The summed E-state index contributed by atoms with van der Waals surface area (Å²) in [6.07, 6.45) is 5.65. The number of aromatic nitrogens is 2. The van der Waals surface area contributed by atoms with Crippen molar-refractivity contribution in [3.05, 3.63) is 59.5 Å². The Kier molecular flexibility index (Phi) is 6.65. The number of carbonyl (C=O) groups is 3. The summed E-state index contributed by atoms with van der Waals surface area (Å²) in [5, 5.41) is 3.66. The zero-order valence-electron chi connectivity index (χ0n) is 19.9. The zero-order chi connectivity index (χ0) is 24.4. The molecule has 0 bridgehead atoms. The fourth-order valence-corrected chi connectivity index (χ4v) is 4.37. The number of hydrogen-bond donors (Lipinski definition) is 1. The van der Waals surface area contributed by atoms with Crippen LogP contribution in [0.5, 0.6) is 0 Å². The number of rotatable bonds is 5.